The Morgan fingerprint density at radius 2 is 1.81 bits per heavy atom. The molecule has 0 unspecified atom stereocenters. The van der Waals surface area contributed by atoms with Crippen molar-refractivity contribution in [2.75, 3.05) is 5.32 Å². The molecule has 0 spiro atoms. The van der Waals surface area contributed by atoms with E-state index in [2.05, 4.69) is 36.0 Å². The second-order valence-electron chi connectivity index (χ2n) is 6.73. The summed E-state index contributed by atoms with van der Waals surface area (Å²) in [6, 6.07) is 16.0. The van der Waals surface area contributed by atoms with Crippen LogP contribution in [0.4, 0.5) is 15.3 Å². The zero-order valence-electron chi connectivity index (χ0n) is 16.4. The highest BCUT2D eigenvalue weighted by molar-refractivity contribution is 7.15. The van der Waals surface area contributed by atoms with Crippen molar-refractivity contribution in [3.05, 3.63) is 82.2 Å². The highest BCUT2D eigenvalue weighted by Gasteiger charge is 2.12. The lowest BCUT2D eigenvalue weighted by molar-refractivity contribution is 0.568. The van der Waals surface area contributed by atoms with Gasteiger partial charge in [-0.05, 0) is 17.3 Å². The molecule has 0 saturated carbocycles. The van der Waals surface area contributed by atoms with Gasteiger partial charge in [-0.15, -0.1) is 20.4 Å². The van der Waals surface area contributed by atoms with Crippen molar-refractivity contribution in [1.82, 2.24) is 40.2 Å². The standard InChI is InChI=1S/C20H15ClFN9S/c21-15-7-4-8-16(22)14(15)11-30-10-9-17(27-30)23-20-26-24-18(32-20)12-31-28-19(25-29-31)13-5-2-1-3-6-13/h1-10H,11-12H2,(H,23,26,27). The van der Waals surface area contributed by atoms with Gasteiger partial charge in [0.1, 0.15) is 17.4 Å². The van der Waals surface area contributed by atoms with Crippen LogP contribution in [0.1, 0.15) is 10.6 Å². The molecule has 3 heterocycles. The van der Waals surface area contributed by atoms with E-state index in [9.17, 15) is 4.39 Å². The first-order valence-corrected chi connectivity index (χ1v) is 10.7. The molecule has 0 radical (unpaired) electrons. The first-order valence-electron chi connectivity index (χ1n) is 9.53. The maximum Gasteiger partial charge on any atom is 0.211 e. The average Bonchev–Trinajstić information content (AvgIpc) is 3.54. The van der Waals surface area contributed by atoms with Gasteiger partial charge in [-0.25, -0.2) is 4.39 Å². The molecule has 32 heavy (non-hydrogen) atoms. The van der Waals surface area contributed by atoms with E-state index in [1.165, 1.54) is 22.2 Å². The molecule has 9 nitrogen and oxygen atoms in total. The minimum Gasteiger partial charge on any atom is -0.313 e. The van der Waals surface area contributed by atoms with Crippen molar-refractivity contribution >= 4 is 33.9 Å². The lowest BCUT2D eigenvalue weighted by Crippen LogP contribution is -2.04. The third kappa shape index (κ3) is 4.48. The summed E-state index contributed by atoms with van der Waals surface area (Å²) < 4.78 is 15.6. The molecule has 0 saturated heterocycles. The molecule has 12 heteroatoms. The van der Waals surface area contributed by atoms with Gasteiger partial charge in [-0.1, -0.05) is 59.3 Å². The van der Waals surface area contributed by atoms with Crippen LogP contribution < -0.4 is 5.32 Å². The summed E-state index contributed by atoms with van der Waals surface area (Å²) in [5, 5.41) is 30.0. The molecule has 0 bridgehead atoms. The SMILES string of the molecule is Fc1cccc(Cl)c1Cn1ccc(Nc2nnc(Cn3nnc(-c4ccccc4)n3)s2)n1. The highest BCUT2D eigenvalue weighted by Crippen LogP contribution is 2.22. The maximum absolute atomic E-state index is 14.0. The van der Waals surface area contributed by atoms with E-state index in [0.717, 1.165) is 5.56 Å². The number of nitrogens with one attached hydrogen (secondary N) is 1. The van der Waals surface area contributed by atoms with E-state index in [-0.39, 0.29) is 12.4 Å². The van der Waals surface area contributed by atoms with Crippen molar-refractivity contribution in [2.24, 2.45) is 0 Å². The molecule has 160 valence electrons. The number of hydrogen-bond donors (Lipinski definition) is 1. The molecular formula is C20H15ClFN9S. The van der Waals surface area contributed by atoms with Crippen LogP contribution in [-0.4, -0.2) is 40.2 Å². The minimum atomic E-state index is -0.367. The minimum absolute atomic E-state index is 0.219. The Morgan fingerprint density at radius 3 is 2.66 bits per heavy atom. The van der Waals surface area contributed by atoms with Crippen LogP contribution in [0.15, 0.2) is 60.8 Å². The Hall–Kier alpha value is -3.70. The smallest absolute Gasteiger partial charge is 0.211 e. The predicted molar refractivity (Wildman–Crippen MR) is 118 cm³/mol. The molecule has 0 amide bonds. The fourth-order valence-electron chi connectivity index (χ4n) is 2.97. The molecule has 5 rings (SSSR count). The largest absolute Gasteiger partial charge is 0.313 e. The van der Waals surface area contributed by atoms with Crippen molar-refractivity contribution < 1.29 is 4.39 Å². The van der Waals surface area contributed by atoms with Crippen molar-refractivity contribution in [3.63, 3.8) is 0 Å². The van der Waals surface area contributed by atoms with E-state index >= 15 is 0 Å². The number of aromatic nitrogens is 8. The Bertz CT molecular complexity index is 1330. The van der Waals surface area contributed by atoms with Gasteiger partial charge in [0.25, 0.3) is 0 Å². The van der Waals surface area contributed by atoms with Crippen LogP contribution in [0.2, 0.25) is 5.02 Å². The summed E-state index contributed by atoms with van der Waals surface area (Å²) in [5.74, 6) is 0.743. The van der Waals surface area contributed by atoms with Crippen molar-refractivity contribution in [2.45, 2.75) is 13.1 Å². The monoisotopic (exact) mass is 467 g/mol. The zero-order chi connectivity index (χ0) is 21.9. The molecule has 0 aliphatic heterocycles. The van der Waals surface area contributed by atoms with Crippen molar-refractivity contribution in [1.29, 1.82) is 0 Å². The average molecular weight is 468 g/mol. The number of anilines is 2. The lowest BCUT2D eigenvalue weighted by Gasteiger charge is -2.05. The van der Waals surface area contributed by atoms with Crippen LogP contribution in [0.5, 0.6) is 0 Å². The van der Waals surface area contributed by atoms with Gasteiger partial charge in [-0.2, -0.15) is 9.90 Å². The van der Waals surface area contributed by atoms with Crippen LogP contribution in [0.3, 0.4) is 0 Å². The van der Waals surface area contributed by atoms with E-state index in [1.807, 2.05) is 30.3 Å². The molecule has 0 aliphatic carbocycles. The number of benzene rings is 2. The molecule has 5 aromatic rings. The fourth-order valence-corrected chi connectivity index (χ4v) is 3.92. The van der Waals surface area contributed by atoms with Crippen LogP contribution in [0, 0.1) is 5.82 Å². The van der Waals surface area contributed by atoms with Gasteiger partial charge in [0.05, 0.1) is 6.54 Å². The number of halogens is 2. The predicted octanol–water partition coefficient (Wildman–Crippen LogP) is 4.02. The van der Waals surface area contributed by atoms with Gasteiger partial charge < -0.3 is 5.32 Å². The van der Waals surface area contributed by atoms with Gasteiger partial charge in [0.15, 0.2) is 5.82 Å². The molecule has 1 N–H and O–H groups in total. The number of rotatable bonds is 7. The van der Waals surface area contributed by atoms with E-state index in [4.69, 9.17) is 11.6 Å². The molecule has 0 aliphatic rings. The van der Waals surface area contributed by atoms with Gasteiger partial charge in [-0.3, -0.25) is 4.68 Å². The topological polar surface area (TPSA) is 99.2 Å². The van der Waals surface area contributed by atoms with Crippen LogP contribution in [-0.2, 0) is 13.1 Å². The Balaban J connectivity index is 1.23. The second-order valence-corrected chi connectivity index (χ2v) is 8.20. The first-order chi connectivity index (χ1) is 15.6. The highest BCUT2D eigenvalue weighted by atomic mass is 35.5. The quantitative estimate of drug-likeness (QED) is 0.386. The summed E-state index contributed by atoms with van der Waals surface area (Å²) in [5.41, 5.74) is 1.28. The summed E-state index contributed by atoms with van der Waals surface area (Å²) >= 11 is 7.44. The summed E-state index contributed by atoms with van der Waals surface area (Å²) in [4.78, 5) is 1.47. The van der Waals surface area contributed by atoms with Crippen LogP contribution in [0.25, 0.3) is 11.4 Å². The summed E-state index contributed by atoms with van der Waals surface area (Å²) in [6.45, 7) is 0.565. The van der Waals surface area contributed by atoms with Crippen molar-refractivity contribution in [3.8, 4) is 11.4 Å². The normalized spacial score (nSPS) is 11.1. The Morgan fingerprint density at radius 1 is 0.938 bits per heavy atom. The van der Waals surface area contributed by atoms with Gasteiger partial charge in [0.2, 0.25) is 11.0 Å². The van der Waals surface area contributed by atoms with E-state index < -0.39 is 0 Å². The van der Waals surface area contributed by atoms with Gasteiger partial charge >= 0.3 is 0 Å². The van der Waals surface area contributed by atoms with E-state index in [1.54, 1.807) is 29.1 Å². The lowest BCUT2D eigenvalue weighted by atomic mass is 10.2. The number of tetrazole rings is 1. The fraction of sp³-hybridized carbons (Fsp3) is 0.100. The first kappa shape index (κ1) is 20.2. The maximum atomic E-state index is 14.0. The zero-order valence-corrected chi connectivity index (χ0v) is 18.0. The molecule has 0 fully saturated rings. The molecule has 3 aromatic heterocycles. The Labute approximate surface area is 190 Å². The molecular weight excluding hydrogens is 453 g/mol. The Kier molecular flexibility index (Phi) is 5.57. The molecule has 0 atom stereocenters. The van der Waals surface area contributed by atoms with Crippen LogP contribution >= 0.6 is 22.9 Å². The summed E-state index contributed by atoms with van der Waals surface area (Å²) in [7, 11) is 0. The molecule has 2 aromatic carbocycles. The van der Waals surface area contributed by atoms with E-state index in [0.29, 0.717) is 38.9 Å². The third-order valence-corrected chi connectivity index (χ3v) is 5.66. The third-order valence-electron chi connectivity index (χ3n) is 4.49. The number of hydrogen-bond acceptors (Lipinski definition) is 8. The van der Waals surface area contributed by atoms with Gasteiger partial charge in [0, 0.05) is 28.4 Å². The summed E-state index contributed by atoms with van der Waals surface area (Å²) in [6.07, 6.45) is 1.73. The number of nitrogens with zero attached hydrogens (tertiary/aromatic N) is 8. The second kappa shape index (κ2) is 8.81.